The molecule has 0 atom stereocenters. The summed E-state index contributed by atoms with van der Waals surface area (Å²) in [5.41, 5.74) is 1.42. The Morgan fingerprint density at radius 2 is 1.74 bits per heavy atom. The van der Waals surface area contributed by atoms with Crippen molar-refractivity contribution < 1.29 is 9.47 Å². The first-order valence-electron chi connectivity index (χ1n) is 9.04. The summed E-state index contributed by atoms with van der Waals surface area (Å²) in [5.74, 6) is 1.000. The first-order valence-corrected chi connectivity index (χ1v) is 9.04. The van der Waals surface area contributed by atoms with E-state index in [1.807, 2.05) is 0 Å². The van der Waals surface area contributed by atoms with E-state index in [0.717, 1.165) is 38.2 Å². The molecular weight excluding hydrogens is 288 g/mol. The molecule has 0 radical (unpaired) electrons. The quantitative estimate of drug-likeness (QED) is 0.804. The molecule has 2 fully saturated rings. The van der Waals surface area contributed by atoms with Crippen LogP contribution in [0.2, 0.25) is 0 Å². The summed E-state index contributed by atoms with van der Waals surface area (Å²) in [5, 5.41) is 0. The Morgan fingerprint density at radius 1 is 1.04 bits per heavy atom. The van der Waals surface area contributed by atoms with Gasteiger partial charge in [0.15, 0.2) is 0 Å². The van der Waals surface area contributed by atoms with E-state index in [-0.39, 0.29) is 0 Å². The van der Waals surface area contributed by atoms with Gasteiger partial charge in [-0.2, -0.15) is 0 Å². The molecule has 0 bridgehead atoms. The number of likely N-dealkylation sites (N-methyl/N-ethyl adjacent to an activating group) is 1. The van der Waals surface area contributed by atoms with Crippen LogP contribution in [0, 0.1) is 0 Å². The second-order valence-corrected chi connectivity index (χ2v) is 6.82. The fourth-order valence-electron chi connectivity index (χ4n) is 3.30. The van der Waals surface area contributed by atoms with Crippen LogP contribution in [-0.4, -0.2) is 68.9 Å². The van der Waals surface area contributed by atoms with Gasteiger partial charge in [-0.1, -0.05) is 12.1 Å². The lowest BCUT2D eigenvalue weighted by Crippen LogP contribution is -2.44. The maximum absolute atomic E-state index is 6.03. The number of hydrogen-bond donors (Lipinski definition) is 0. The predicted molar refractivity (Wildman–Crippen MR) is 93.2 cm³/mol. The van der Waals surface area contributed by atoms with E-state index < -0.39 is 0 Å². The van der Waals surface area contributed by atoms with Crippen LogP contribution in [0.3, 0.4) is 0 Å². The maximum Gasteiger partial charge on any atom is 0.119 e. The van der Waals surface area contributed by atoms with Gasteiger partial charge in [-0.05, 0) is 44.1 Å². The molecule has 2 saturated heterocycles. The molecule has 1 aromatic carbocycles. The molecule has 0 spiro atoms. The first kappa shape index (κ1) is 16.7. The summed E-state index contributed by atoms with van der Waals surface area (Å²) >= 11 is 0. The Balaban J connectivity index is 1.37. The standard InChI is InChI=1S/C19H30N2O2/c1-20-11-13-21(14-12-20)10-2-3-17-4-6-18(7-5-17)23-19-8-15-22-16-9-19/h4-7,19H,2-3,8-16H2,1H3. The lowest BCUT2D eigenvalue weighted by Gasteiger charge is -2.32. The number of aryl methyl sites for hydroxylation is 1. The van der Waals surface area contributed by atoms with Crippen molar-refractivity contribution in [3.05, 3.63) is 29.8 Å². The van der Waals surface area contributed by atoms with E-state index in [4.69, 9.17) is 9.47 Å². The number of rotatable bonds is 6. The van der Waals surface area contributed by atoms with E-state index in [9.17, 15) is 0 Å². The molecule has 0 N–H and O–H groups in total. The Labute approximate surface area is 140 Å². The largest absolute Gasteiger partial charge is 0.490 e. The molecule has 0 aromatic heterocycles. The topological polar surface area (TPSA) is 24.9 Å². The third-order valence-corrected chi connectivity index (χ3v) is 4.93. The number of benzene rings is 1. The Morgan fingerprint density at radius 3 is 2.43 bits per heavy atom. The third-order valence-electron chi connectivity index (χ3n) is 4.93. The van der Waals surface area contributed by atoms with Crippen LogP contribution in [0.1, 0.15) is 24.8 Å². The van der Waals surface area contributed by atoms with E-state index in [1.165, 1.54) is 44.7 Å². The minimum atomic E-state index is 0.326. The fraction of sp³-hybridized carbons (Fsp3) is 0.684. The van der Waals surface area contributed by atoms with Gasteiger partial charge in [0.25, 0.3) is 0 Å². The smallest absolute Gasteiger partial charge is 0.119 e. The average molecular weight is 318 g/mol. The molecule has 3 rings (SSSR count). The van der Waals surface area contributed by atoms with Gasteiger partial charge in [0.2, 0.25) is 0 Å². The average Bonchev–Trinajstić information content (AvgIpc) is 2.59. The van der Waals surface area contributed by atoms with E-state index in [0.29, 0.717) is 6.10 Å². The zero-order valence-electron chi connectivity index (χ0n) is 14.4. The summed E-state index contributed by atoms with van der Waals surface area (Å²) in [4.78, 5) is 5.00. The normalized spacial score (nSPS) is 21.4. The summed E-state index contributed by atoms with van der Waals surface area (Å²) in [6.45, 7) is 7.72. The van der Waals surface area contributed by atoms with E-state index in [1.54, 1.807) is 0 Å². The van der Waals surface area contributed by atoms with Crippen LogP contribution in [-0.2, 0) is 11.2 Å². The number of piperazine rings is 1. The van der Waals surface area contributed by atoms with Crippen molar-refractivity contribution in [2.45, 2.75) is 31.8 Å². The molecule has 2 heterocycles. The first-order chi connectivity index (χ1) is 11.3. The predicted octanol–water partition coefficient (Wildman–Crippen LogP) is 2.42. The highest BCUT2D eigenvalue weighted by molar-refractivity contribution is 5.27. The van der Waals surface area contributed by atoms with Crippen LogP contribution in [0.15, 0.2) is 24.3 Å². The monoisotopic (exact) mass is 318 g/mol. The maximum atomic E-state index is 6.03. The van der Waals surface area contributed by atoms with Gasteiger partial charge in [-0.25, -0.2) is 0 Å². The van der Waals surface area contributed by atoms with E-state index >= 15 is 0 Å². The molecule has 0 aliphatic carbocycles. The second-order valence-electron chi connectivity index (χ2n) is 6.82. The molecule has 2 aliphatic heterocycles. The van der Waals surface area contributed by atoms with Gasteiger partial charge in [0.1, 0.15) is 11.9 Å². The molecule has 0 amide bonds. The zero-order chi connectivity index (χ0) is 15.9. The summed E-state index contributed by atoms with van der Waals surface area (Å²) < 4.78 is 11.4. The minimum absolute atomic E-state index is 0.326. The Bertz CT molecular complexity index is 449. The van der Waals surface area contributed by atoms with Gasteiger partial charge in [0, 0.05) is 39.0 Å². The molecule has 4 nitrogen and oxygen atoms in total. The molecule has 4 heteroatoms. The van der Waals surface area contributed by atoms with Crippen LogP contribution < -0.4 is 4.74 Å². The third kappa shape index (κ3) is 5.48. The van der Waals surface area contributed by atoms with Crippen molar-refractivity contribution in [2.24, 2.45) is 0 Å². The lowest BCUT2D eigenvalue weighted by molar-refractivity contribution is 0.0255. The van der Waals surface area contributed by atoms with Crippen LogP contribution >= 0.6 is 0 Å². The number of hydrogen-bond acceptors (Lipinski definition) is 4. The van der Waals surface area contributed by atoms with Gasteiger partial charge in [-0.15, -0.1) is 0 Å². The molecule has 128 valence electrons. The van der Waals surface area contributed by atoms with Crippen molar-refractivity contribution in [2.75, 3.05) is 53.0 Å². The van der Waals surface area contributed by atoms with Gasteiger partial charge in [-0.3, -0.25) is 0 Å². The summed E-state index contributed by atoms with van der Waals surface area (Å²) in [6, 6.07) is 8.69. The zero-order valence-corrected chi connectivity index (χ0v) is 14.4. The Kier molecular flexibility index (Phi) is 6.31. The second kappa shape index (κ2) is 8.67. The van der Waals surface area contributed by atoms with Gasteiger partial charge >= 0.3 is 0 Å². The number of ether oxygens (including phenoxy) is 2. The van der Waals surface area contributed by atoms with Gasteiger partial charge < -0.3 is 19.3 Å². The summed E-state index contributed by atoms with van der Waals surface area (Å²) in [6.07, 6.45) is 4.74. The molecule has 1 aromatic rings. The molecule has 23 heavy (non-hydrogen) atoms. The van der Waals surface area contributed by atoms with Crippen molar-refractivity contribution in [3.63, 3.8) is 0 Å². The Hall–Kier alpha value is -1.10. The van der Waals surface area contributed by atoms with Crippen molar-refractivity contribution in [1.82, 2.24) is 9.80 Å². The van der Waals surface area contributed by atoms with Crippen LogP contribution in [0.4, 0.5) is 0 Å². The summed E-state index contributed by atoms with van der Waals surface area (Å²) in [7, 11) is 2.21. The lowest BCUT2D eigenvalue weighted by atomic mass is 10.1. The van der Waals surface area contributed by atoms with E-state index in [2.05, 4.69) is 41.1 Å². The van der Waals surface area contributed by atoms with Gasteiger partial charge in [0.05, 0.1) is 13.2 Å². The van der Waals surface area contributed by atoms with Crippen molar-refractivity contribution in [3.8, 4) is 5.75 Å². The SMILES string of the molecule is CN1CCN(CCCc2ccc(OC3CCOCC3)cc2)CC1. The molecule has 2 aliphatic rings. The number of nitrogens with zero attached hydrogens (tertiary/aromatic N) is 2. The molecule has 0 saturated carbocycles. The highest BCUT2D eigenvalue weighted by atomic mass is 16.5. The minimum Gasteiger partial charge on any atom is -0.490 e. The fourth-order valence-corrected chi connectivity index (χ4v) is 3.30. The van der Waals surface area contributed by atoms with Crippen molar-refractivity contribution in [1.29, 1.82) is 0 Å². The highest BCUT2D eigenvalue weighted by Gasteiger charge is 2.15. The highest BCUT2D eigenvalue weighted by Crippen LogP contribution is 2.19. The van der Waals surface area contributed by atoms with Crippen LogP contribution in [0.25, 0.3) is 0 Å². The molecular formula is C19H30N2O2. The molecule has 0 unspecified atom stereocenters. The van der Waals surface area contributed by atoms with Crippen molar-refractivity contribution >= 4 is 0 Å². The van der Waals surface area contributed by atoms with Crippen LogP contribution in [0.5, 0.6) is 5.75 Å².